The minimum atomic E-state index is -0.361. The molecule has 0 radical (unpaired) electrons. The largest absolute Gasteiger partial charge is 0.464 e. The number of hydrogen-bond acceptors (Lipinski definition) is 3. The van der Waals surface area contributed by atoms with E-state index in [9.17, 15) is 9.59 Å². The molecular formula is C9H14BrNO3. The Balaban J connectivity index is 2.59. The van der Waals surface area contributed by atoms with Crippen LogP contribution >= 0.6 is 15.9 Å². The van der Waals surface area contributed by atoms with Crippen molar-refractivity contribution in [2.24, 2.45) is 0 Å². The molecule has 80 valence electrons. The Bertz CT molecular complexity index is 232. The highest BCUT2D eigenvalue weighted by molar-refractivity contribution is 9.09. The van der Waals surface area contributed by atoms with E-state index in [0.717, 1.165) is 0 Å². The van der Waals surface area contributed by atoms with E-state index in [1.165, 1.54) is 0 Å². The summed E-state index contributed by atoms with van der Waals surface area (Å²) in [6, 6.07) is -0.361. The van der Waals surface area contributed by atoms with E-state index in [-0.39, 0.29) is 17.9 Å². The van der Waals surface area contributed by atoms with Crippen molar-refractivity contribution in [1.82, 2.24) is 4.90 Å². The molecule has 0 bridgehead atoms. The van der Waals surface area contributed by atoms with E-state index in [4.69, 9.17) is 4.74 Å². The smallest absolute Gasteiger partial charge is 0.328 e. The van der Waals surface area contributed by atoms with Gasteiger partial charge in [0.15, 0.2) is 0 Å². The first-order chi connectivity index (χ1) is 6.70. The maximum absolute atomic E-state index is 11.4. The molecule has 1 rings (SSSR count). The van der Waals surface area contributed by atoms with Gasteiger partial charge in [0.2, 0.25) is 5.91 Å². The number of hydrogen-bond donors (Lipinski definition) is 0. The van der Waals surface area contributed by atoms with Crippen molar-refractivity contribution >= 4 is 27.8 Å². The topological polar surface area (TPSA) is 46.6 Å². The SMILES string of the molecule is CCOC(=O)[C@@H]1CCC(=O)N1CCBr. The van der Waals surface area contributed by atoms with Crippen molar-refractivity contribution < 1.29 is 14.3 Å². The Morgan fingerprint density at radius 1 is 1.71 bits per heavy atom. The van der Waals surface area contributed by atoms with Gasteiger partial charge in [-0.05, 0) is 13.3 Å². The molecule has 0 N–H and O–H groups in total. The molecule has 0 aliphatic carbocycles. The van der Waals surface area contributed by atoms with Gasteiger partial charge >= 0.3 is 5.97 Å². The van der Waals surface area contributed by atoms with Crippen LogP contribution in [0.4, 0.5) is 0 Å². The average molecular weight is 264 g/mol. The molecule has 1 aliphatic heterocycles. The number of carbonyl (C=O) groups is 2. The second-order valence-electron chi connectivity index (χ2n) is 3.08. The lowest BCUT2D eigenvalue weighted by molar-refractivity contribution is -0.151. The average Bonchev–Trinajstić information content (AvgIpc) is 2.50. The Morgan fingerprint density at radius 3 is 3.00 bits per heavy atom. The van der Waals surface area contributed by atoms with Gasteiger partial charge in [0.1, 0.15) is 6.04 Å². The van der Waals surface area contributed by atoms with Crippen LogP contribution in [0.25, 0.3) is 0 Å². The zero-order valence-electron chi connectivity index (χ0n) is 8.16. The number of ether oxygens (including phenoxy) is 1. The maximum atomic E-state index is 11.4. The minimum Gasteiger partial charge on any atom is -0.464 e. The number of likely N-dealkylation sites (tertiary alicyclic amines) is 1. The fourth-order valence-corrected chi connectivity index (χ4v) is 1.97. The summed E-state index contributed by atoms with van der Waals surface area (Å²) in [5, 5.41) is 0.689. The Kier molecular flexibility index (Phi) is 4.38. The van der Waals surface area contributed by atoms with E-state index >= 15 is 0 Å². The number of alkyl halides is 1. The summed E-state index contributed by atoms with van der Waals surface area (Å²) in [7, 11) is 0. The van der Waals surface area contributed by atoms with Crippen molar-refractivity contribution in [3.05, 3.63) is 0 Å². The molecule has 0 aromatic rings. The lowest BCUT2D eigenvalue weighted by Gasteiger charge is -2.21. The first-order valence-electron chi connectivity index (χ1n) is 4.72. The molecule has 4 nitrogen and oxygen atoms in total. The molecule has 14 heavy (non-hydrogen) atoms. The summed E-state index contributed by atoms with van der Waals surface area (Å²) >= 11 is 3.26. The van der Waals surface area contributed by atoms with Crippen LogP contribution in [0.2, 0.25) is 0 Å². The van der Waals surface area contributed by atoms with E-state index in [0.29, 0.717) is 31.3 Å². The summed E-state index contributed by atoms with van der Waals surface area (Å²) in [5.41, 5.74) is 0. The standard InChI is InChI=1S/C9H14BrNO3/c1-2-14-9(13)7-3-4-8(12)11(7)6-5-10/h7H,2-6H2,1H3/t7-/m0/s1. The Labute approximate surface area is 91.7 Å². The predicted molar refractivity (Wildman–Crippen MR) is 55.2 cm³/mol. The van der Waals surface area contributed by atoms with E-state index < -0.39 is 0 Å². The summed E-state index contributed by atoms with van der Waals surface area (Å²) in [5.74, 6) is -0.234. The van der Waals surface area contributed by atoms with Crippen LogP contribution in [-0.2, 0) is 14.3 Å². The second kappa shape index (κ2) is 5.34. The zero-order chi connectivity index (χ0) is 10.6. The number of nitrogens with zero attached hydrogens (tertiary/aromatic N) is 1. The molecule has 1 fully saturated rings. The van der Waals surface area contributed by atoms with E-state index in [1.807, 2.05) is 0 Å². The molecule has 1 atom stereocenters. The second-order valence-corrected chi connectivity index (χ2v) is 3.88. The number of carbonyl (C=O) groups excluding carboxylic acids is 2. The molecule has 1 amide bonds. The Morgan fingerprint density at radius 2 is 2.43 bits per heavy atom. The third kappa shape index (κ3) is 2.47. The van der Waals surface area contributed by atoms with Gasteiger partial charge in [0, 0.05) is 18.3 Å². The number of rotatable bonds is 4. The molecule has 1 heterocycles. The van der Waals surface area contributed by atoms with Crippen molar-refractivity contribution in [1.29, 1.82) is 0 Å². The number of esters is 1. The monoisotopic (exact) mass is 263 g/mol. The molecule has 1 saturated heterocycles. The number of halogens is 1. The summed E-state index contributed by atoms with van der Waals surface area (Å²) in [6.07, 6.45) is 1.04. The summed E-state index contributed by atoms with van der Waals surface area (Å²) in [4.78, 5) is 24.4. The Hall–Kier alpha value is -0.580. The van der Waals surface area contributed by atoms with Crippen LogP contribution in [0.3, 0.4) is 0 Å². The molecule has 0 unspecified atom stereocenters. The lowest BCUT2D eigenvalue weighted by Crippen LogP contribution is -2.40. The lowest BCUT2D eigenvalue weighted by atomic mass is 10.2. The van der Waals surface area contributed by atoms with Crippen LogP contribution in [0.15, 0.2) is 0 Å². The van der Waals surface area contributed by atoms with Crippen molar-refractivity contribution in [3.63, 3.8) is 0 Å². The quantitative estimate of drug-likeness (QED) is 0.560. The van der Waals surface area contributed by atoms with Gasteiger partial charge < -0.3 is 9.64 Å². The molecule has 0 spiro atoms. The predicted octanol–water partition coefficient (Wildman–Crippen LogP) is 0.935. The van der Waals surface area contributed by atoms with Gasteiger partial charge in [-0.15, -0.1) is 0 Å². The first-order valence-corrected chi connectivity index (χ1v) is 5.85. The minimum absolute atomic E-state index is 0.0440. The van der Waals surface area contributed by atoms with Gasteiger partial charge in [0.05, 0.1) is 6.61 Å². The maximum Gasteiger partial charge on any atom is 0.328 e. The van der Waals surface area contributed by atoms with Crippen LogP contribution < -0.4 is 0 Å². The summed E-state index contributed by atoms with van der Waals surface area (Å²) in [6.45, 7) is 2.71. The van der Waals surface area contributed by atoms with E-state index in [1.54, 1.807) is 11.8 Å². The van der Waals surface area contributed by atoms with Gasteiger partial charge in [0.25, 0.3) is 0 Å². The molecular weight excluding hydrogens is 250 g/mol. The fourth-order valence-electron chi connectivity index (χ4n) is 1.59. The zero-order valence-corrected chi connectivity index (χ0v) is 9.75. The van der Waals surface area contributed by atoms with Crippen LogP contribution in [-0.4, -0.2) is 41.3 Å². The van der Waals surface area contributed by atoms with Gasteiger partial charge in [-0.1, -0.05) is 15.9 Å². The highest BCUT2D eigenvalue weighted by Gasteiger charge is 2.36. The molecule has 0 aromatic heterocycles. The normalized spacial score (nSPS) is 21.4. The highest BCUT2D eigenvalue weighted by Crippen LogP contribution is 2.19. The van der Waals surface area contributed by atoms with Crippen LogP contribution in [0.5, 0.6) is 0 Å². The summed E-state index contributed by atoms with van der Waals surface area (Å²) < 4.78 is 4.90. The fraction of sp³-hybridized carbons (Fsp3) is 0.778. The van der Waals surface area contributed by atoms with Crippen molar-refractivity contribution in [2.45, 2.75) is 25.8 Å². The molecule has 1 aliphatic rings. The number of amides is 1. The third-order valence-corrected chi connectivity index (χ3v) is 2.57. The van der Waals surface area contributed by atoms with Crippen molar-refractivity contribution in [3.8, 4) is 0 Å². The van der Waals surface area contributed by atoms with E-state index in [2.05, 4.69) is 15.9 Å². The van der Waals surface area contributed by atoms with Gasteiger partial charge in [-0.3, -0.25) is 4.79 Å². The highest BCUT2D eigenvalue weighted by atomic mass is 79.9. The van der Waals surface area contributed by atoms with Crippen molar-refractivity contribution in [2.75, 3.05) is 18.5 Å². The van der Waals surface area contributed by atoms with Crippen LogP contribution in [0, 0.1) is 0 Å². The molecule has 0 aromatic carbocycles. The van der Waals surface area contributed by atoms with Gasteiger partial charge in [-0.25, -0.2) is 4.79 Å². The van der Waals surface area contributed by atoms with Crippen LogP contribution in [0.1, 0.15) is 19.8 Å². The first kappa shape index (κ1) is 11.5. The van der Waals surface area contributed by atoms with Gasteiger partial charge in [-0.2, -0.15) is 0 Å². The molecule has 5 heteroatoms. The third-order valence-electron chi connectivity index (χ3n) is 2.21. The molecule has 0 saturated carbocycles.